The molecule has 86 valence electrons. The molecule has 1 fully saturated rings. The van der Waals surface area contributed by atoms with Gasteiger partial charge in [-0.1, -0.05) is 15.9 Å². The number of hydrogen-bond donors (Lipinski definition) is 0. The molecule has 0 aliphatic carbocycles. The molecule has 1 saturated heterocycles. The zero-order valence-corrected chi connectivity index (χ0v) is 11.3. The van der Waals surface area contributed by atoms with E-state index in [0.717, 1.165) is 22.3 Å². The lowest BCUT2D eigenvalue weighted by Gasteiger charge is -2.24. The lowest BCUT2D eigenvalue weighted by Crippen LogP contribution is -2.26. The summed E-state index contributed by atoms with van der Waals surface area (Å²) in [5.74, 6) is 0.120. The lowest BCUT2D eigenvalue weighted by molar-refractivity contribution is 0.101. The Labute approximate surface area is 105 Å². The molecule has 2 rings (SSSR count). The Kier molecular flexibility index (Phi) is 3.33. The quantitative estimate of drug-likeness (QED) is 0.772. The number of nitrogens with zero attached hydrogens (tertiary/aromatic N) is 1. The second-order valence-electron chi connectivity index (χ2n) is 4.44. The standard InChI is InChI=1S/C13H16BrNO/c1-9-4-3-5-15(9)13-7-11(10(2)16)6-12(14)8-13/h6-9H,3-5H2,1-2H3/t9-/m1/s1. The maximum Gasteiger partial charge on any atom is 0.159 e. The largest absolute Gasteiger partial charge is 0.369 e. The average molecular weight is 282 g/mol. The number of halogens is 1. The second-order valence-corrected chi connectivity index (χ2v) is 5.35. The highest BCUT2D eigenvalue weighted by Crippen LogP contribution is 2.29. The zero-order chi connectivity index (χ0) is 11.7. The first-order chi connectivity index (χ1) is 7.58. The fourth-order valence-corrected chi connectivity index (χ4v) is 2.74. The molecule has 16 heavy (non-hydrogen) atoms. The van der Waals surface area contributed by atoms with Crippen LogP contribution in [0.2, 0.25) is 0 Å². The van der Waals surface area contributed by atoms with E-state index in [1.807, 2.05) is 12.1 Å². The van der Waals surface area contributed by atoms with Crippen LogP contribution < -0.4 is 4.90 Å². The molecular weight excluding hydrogens is 266 g/mol. The molecule has 0 N–H and O–H groups in total. The smallest absolute Gasteiger partial charge is 0.159 e. The number of anilines is 1. The van der Waals surface area contributed by atoms with Crippen LogP contribution in [-0.4, -0.2) is 18.4 Å². The van der Waals surface area contributed by atoms with Crippen LogP contribution in [0.1, 0.15) is 37.0 Å². The van der Waals surface area contributed by atoms with E-state index in [1.165, 1.54) is 12.8 Å². The van der Waals surface area contributed by atoms with Crippen LogP contribution in [0.5, 0.6) is 0 Å². The van der Waals surface area contributed by atoms with E-state index in [-0.39, 0.29) is 5.78 Å². The van der Waals surface area contributed by atoms with Crippen molar-refractivity contribution in [3.05, 3.63) is 28.2 Å². The van der Waals surface area contributed by atoms with Crippen molar-refractivity contribution in [2.24, 2.45) is 0 Å². The SMILES string of the molecule is CC(=O)c1cc(Br)cc(N2CCC[C@H]2C)c1. The Hall–Kier alpha value is -0.830. The van der Waals surface area contributed by atoms with E-state index in [2.05, 4.69) is 33.8 Å². The molecule has 0 bridgehead atoms. The predicted octanol–water partition coefficient (Wildman–Crippen LogP) is 3.64. The van der Waals surface area contributed by atoms with Gasteiger partial charge in [-0.3, -0.25) is 4.79 Å². The minimum absolute atomic E-state index is 0.120. The van der Waals surface area contributed by atoms with Crippen LogP contribution in [-0.2, 0) is 0 Å². The summed E-state index contributed by atoms with van der Waals surface area (Å²) >= 11 is 3.47. The van der Waals surface area contributed by atoms with Gasteiger partial charge in [0.05, 0.1) is 0 Å². The monoisotopic (exact) mass is 281 g/mol. The fraction of sp³-hybridized carbons (Fsp3) is 0.462. The molecule has 1 atom stereocenters. The first-order valence-corrected chi connectivity index (χ1v) is 6.45. The average Bonchev–Trinajstić information content (AvgIpc) is 2.63. The van der Waals surface area contributed by atoms with E-state index in [9.17, 15) is 4.79 Å². The van der Waals surface area contributed by atoms with Gasteiger partial charge in [-0.2, -0.15) is 0 Å². The molecule has 0 spiro atoms. The van der Waals surface area contributed by atoms with Crippen molar-refractivity contribution in [2.75, 3.05) is 11.4 Å². The first kappa shape index (κ1) is 11.6. The summed E-state index contributed by atoms with van der Waals surface area (Å²) in [4.78, 5) is 13.8. The molecule has 1 heterocycles. The van der Waals surface area contributed by atoms with Gasteiger partial charge in [0, 0.05) is 28.3 Å². The Morgan fingerprint density at radius 1 is 1.44 bits per heavy atom. The normalized spacial score (nSPS) is 20.2. The van der Waals surface area contributed by atoms with Crippen molar-refractivity contribution in [2.45, 2.75) is 32.7 Å². The van der Waals surface area contributed by atoms with Gasteiger partial charge in [0.2, 0.25) is 0 Å². The van der Waals surface area contributed by atoms with Gasteiger partial charge in [0.25, 0.3) is 0 Å². The van der Waals surface area contributed by atoms with Crippen LogP contribution >= 0.6 is 15.9 Å². The number of ketones is 1. The maximum absolute atomic E-state index is 11.4. The van der Waals surface area contributed by atoms with Crippen LogP contribution in [0.15, 0.2) is 22.7 Å². The summed E-state index contributed by atoms with van der Waals surface area (Å²) in [7, 11) is 0. The van der Waals surface area contributed by atoms with Gasteiger partial charge >= 0.3 is 0 Å². The van der Waals surface area contributed by atoms with Crippen LogP contribution in [0.25, 0.3) is 0 Å². The van der Waals surface area contributed by atoms with Crippen molar-refractivity contribution >= 4 is 27.4 Å². The number of hydrogen-bond acceptors (Lipinski definition) is 2. The van der Waals surface area contributed by atoms with Crippen molar-refractivity contribution < 1.29 is 4.79 Å². The molecule has 3 heteroatoms. The third-order valence-electron chi connectivity index (χ3n) is 3.17. The molecule has 0 saturated carbocycles. The number of carbonyl (C=O) groups is 1. The summed E-state index contributed by atoms with van der Waals surface area (Å²) in [5, 5.41) is 0. The van der Waals surface area contributed by atoms with Crippen molar-refractivity contribution in [3.8, 4) is 0 Å². The van der Waals surface area contributed by atoms with Crippen LogP contribution in [0.3, 0.4) is 0 Å². The lowest BCUT2D eigenvalue weighted by atomic mass is 10.1. The molecule has 0 unspecified atom stereocenters. The molecule has 0 amide bonds. The molecule has 1 aromatic rings. The highest BCUT2D eigenvalue weighted by atomic mass is 79.9. The molecular formula is C13H16BrNO. The van der Waals surface area contributed by atoms with Crippen molar-refractivity contribution in [3.63, 3.8) is 0 Å². The topological polar surface area (TPSA) is 20.3 Å². The molecule has 1 aliphatic heterocycles. The van der Waals surface area contributed by atoms with Crippen molar-refractivity contribution in [1.29, 1.82) is 0 Å². The highest BCUT2D eigenvalue weighted by molar-refractivity contribution is 9.10. The minimum Gasteiger partial charge on any atom is -0.369 e. The fourth-order valence-electron chi connectivity index (χ4n) is 2.26. The van der Waals surface area contributed by atoms with E-state index < -0.39 is 0 Å². The van der Waals surface area contributed by atoms with E-state index in [4.69, 9.17) is 0 Å². The molecule has 1 aliphatic rings. The van der Waals surface area contributed by atoms with E-state index in [1.54, 1.807) is 6.92 Å². The number of Topliss-reactive ketones (excluding diaryl/α,β-unsaturated/α-hetero) is 1. The highest BCUT2D eigenvalue weighted by Gasteiger charge is 2.21. The number of rotatable bonds is 2. The summed E-state index contributed by atoms with van der Waals surface area (Å²) in [6, 6.07) is 6.55. The Balaban J connectivity index is 2.37. The van der Waals surface area contributed by atoms with Gasteiger partial charge in [-0.15, -0.1) is 0 Å². The summed E-state index contributed by atoms with van der Waals surface area (Å²) in [6.07, 6.45) is 2.48. The molecule has 1 aromatic carbocycles. The summed E-state index contributed by atoms with van der Waals surface area (Å²) < 4.78 is 0.981. The van der Waals surface area contributed by atoms with E-state index in [0.29, 0.717) is 6.04 Å². The summed E-state index contributed by atoms with van der Waals surface area (Å²) in [6.45, 7) is 4.94. The van der Waals surface area contributed by atoms with Crippen LogP contribution in [0, 0.1) is 0 Å². The third-order valence-corrected chi connectivity index (χ3v) is 3.63. The number of carbonyl (C=O) groups excluding carboxylic acids is 1. The minimum atomic E-state index is 0.120. The number of benzene rings is 1. The van der Waals surface area contributed by atoms with Gasteiger partial charge in [-0.25, -0.2) is 0 Å². The van der Waals surface area contributed by atoms with Gasteiger partial charge in [-0.05, 0) is 44.9 Å². The predicted molar refractivity (Wildman–Crippen MR) is 70.2 cm³/mol. The first-order valence-electron chi connectivity index (χ1n) is 5.66. The Morgan fingerprint density at radius 2 is 2.19 bits per heavy atom. The van der Waals surface area contributed by atoms with Gasteiger partial charge < -0.3 is 4.90 Å². The molecule has 2 nitrogen and oxygen atoms in total. The molecule has 0 aromatic heterocycles. The maximum atomic E-state index is 11.4. The Bertz CT molecular complexity index is 416. The van der Waals surface area contributed by atoms with E-state index >= 15 is 0 Å². The van der Waals surface area contributed by atoms with Gasteiger partial charge in [0.15, 0.2) is 5.78 Å². The summed E-state index contributed by atoms with van der Waals surface area (Å²) in [5.41, 5.74) is 1.94. The second kappa shape index (κ2) is 4.58. The van der Waals surface area contributed by atoms with Crippen LogP contribution in [0.4, 0.5) is 5.69 Å². The Morgan fingerprint density at radius 3 is 2.75 bits per heavy atom. The zero-order valence-electron chi connectivity index (χ0n) is 9.66. The molecule has 0 radical (unpaired) electrons. The van der Waals surface area contributed by atoms with Crippen molar-refractivity contribution in [1.82, 2.24) is 0 Å². The third kappa shape index (κ3) is 2.29. The van der Waals surface area contributed by atoms with Gasteiger partial charge in [0.1, 0.15) is 0 Å².